The Morgan fingerprint density at radius 2 is 1.89 bits per heavy atom. The smallest absolute Gasteiger partial charge is 0.133 e. The van der Waals surface area contributed by atoms with Gasteiger partial charge in [-0.05, 0) is 44.2 Å². The van der Waals surface area contributed by atoms with Crippen molar-refractivity contribution in [2.75, 3.05) is 13.1 Å². The summed E-state index contributed by atoms with van der Waals surface area (Å²) in [6.07, 6.45) is 9.12. The molecule has 1 aromatic rings. The maximum atomic E-state index is 4.30. The van der Waals surface area contributed by atoms with Crippen LogP contribution in [-0.4, -0.2) is 27.9 Å². The largest absolute Gasteiger partial charge is 0.316 e. The minimum atomic E-state index is 0.759. The monoisotopic (exact) mass is 262 g/mol. The molecule has 1 fully saturated rings. The van der Waals surface area contributed by atoms with E-state index < -0.39 is 0 Å². The lowest BCUT2D eigenvalue weighted by Gasteiger charge is -2.25. The minimum Gasteiger partial charge on any atom is -0.316 e. The molecular weight excluding hydrogens is 236 g/mol. The Hall–Kier alpha value is -0.900. The fraction of sp³-hybridized carbons (Fsp3) is 0.867. The number of rotatable bonds is 5. The molecule has 19 heavy (non-hydrogen) atoms. The molecule has 2 aliphatic rings. The van der Waals surface area contributed by atoms with Crippen molar-refractivity contribution in [3.8, 4) is 0 Å². The molecule has 2 heterocycles. The molecule has 0 radical (unpaired) electrons. The van der Waals surface area contributed by atoms with E-state index >= 15 is 0 Å². The van der Waals surface area contributed by atoms with Gasteiger partial charge >= 0.3 is 0 Å². The number of hydrogen-bond acceptors (Lipinski definition) is 3. The van der Waals surface area contributed by atoms with Crippen LogP contribution in [0.4, 0.5) is 0 Å². The quantitative estimate of drug-likeness (QED) is 0.884. The van der Waals surface area contributed by atoms with E-state index in [4.69, 9.17) is 0 Å². The summed E-state index contributed by atoms with van der Waals surface area (Å²) in [5.74, 6) is 4.06. The van der Waals surface area contributed by atoms with Crippen molar-refractivity contribution in [2.45, 2.75) is 58.4 Å². The SMILES string of the molecule is CCc1nnc2n1CC(CNCC1CCCC1)CC2. The summed E-state index contributed by atoms with van der Waals surface area (Å²) in [6, 6.07) is 0. The van der Waals surface area contributed by atoms with Gasteiger partial charge in [-0.15, -0.1) is 10.2 Å². The predicted octanol–water partition coefficient (Wildman–Crippen LogP) is 2.18. The number of hydrogen-bond donors (Lipinski definition) is 1. The number of aromatic nitrogens is 3. The van der Waals surface area contributed by atoms with E-state index in [0.29, 0.717) is 0 Å². The van der Waals surface area contributed by atoms with E-state index in [1.165, 1.54) is 44.5 Å². The summed E-state index contributed by atoms with van der Waals surface area (Å²) < 4.78 is 2.35. The first kappa shape index (κ1) is 13.1. The van der Waals surface area contributed by atoms with E-state index in [1.807, 2.05) is 0 Å². The van der Waals surface area contributed by atoms with E-state index in [-0.39, 0.29) is 0 Å². The molecule has 4 heteroatoms. The lowest BCUT2D eigenvalue weighted by atomic mass is 9.98. The van der Waals surface area contributed by atoms with Crippen LogP contribution in [0.3, 0.4) is 0 Å². The van der Waals surface area contributed by atoms with Crippen LogP contribution in [0.2, 0.25) is 0 Å². The molecule has 3 rings (SSSR count). The van der Waals surface area contributed by atoms with Crippen molar-refractivity contribution in [1.29, 1.82) is 0 Å². The third-order valence-electron chi connectivity index (χ3n) is 4.78. The van der Waals surface area contributed by atoms with Gasteiger partial charge in [0.15, 0.2) is 0 Å². The zero-order valence-corrected chi connectivity index (χ0v) is 12.1. The minimum absolute atomic E-state index is 0.759. The second kappa shape index (κ2) is 6.04. The Kier molecular flexibility index (Phi) is 4.16. The van der Waals surface area contributed by atoms with Crippen molar-refractivity contribution in [3.63, 3.8) is 0 Å². The zero-order chi connectivity index (χ0) is 13.1. The maximum Gasteiger partial charge on any atom is 0.133 e. The van der Waals surface area contributed by atoms with Gasteiger partial charge in [0, 0.05) is 19.4 Å². The highest BCUT2D eigenvalue weighted by Gasteiger charge is 2.22. The fourth-order valence-electron chi connectivity index (χ4n) is 3.59. The summed E-state index contributed by atoms with van der Waals surface area (Å²) >= 11 is 0. The first-order valence-corrected chi connectivity index (χ1v) is 7.98. The molecule has 106 valence electrons. The topological polar surface area (TPSA) is 42.7 Å². The van der Waals surface area contributed by atoms with Crippen molar-refractivity contribution < 1.29 is 0 Å². The molecule has 1 aliphatic heterocycles. The van der Waals surface area contributed by atoms with Crippen LogP contribution in [0.1, 0.15) is 50.7 Å². The van der Waals surface area contributed by atoms with Crippen LogP contribution < -0.4 is 5.32 Å². The van der Waals surface area contributed by atoms with Gasteiger partial charge in [0.25, 0.3) is 0 Å². The van der Waals surface area contributed by atoms with E-state index in [9.17, 15) is 0 Å². The average molecular weight is 262 g/mol. The maximum absolute atomic E-state index is 4.30. The van der Waals surface area contributed by atoms with Gasteiger partial charge in [-0.2, -0.15) is 0 Å². The Balaban J connectivity index is 1.48. The highest BCUT2D eigenvalue weighted by atomic mass is 15.3. The van der Waals surface area contributed by atoms with E-state index in [0.717, 1.165) is 43.6 Å². The number of aryl methyl sites for hydroxylation is 2. The molecule has 0 saturated heterocycles. The van der Waals surface area contributed by atoms with Gasteiger partial charge in [0.05, 0.1) is 0 Å². The molecule has 1 aromatic heterocycles. The predicted molar refractivity (Wildman–Crippen MR) is 76.0 cm³/mol. The third-order valence-corrected chi connectivity index (χ3v) is 4.78. The highest BCUT2D eigenvalue weighted by molar-refractivity contribution is 5.00. The first-order valence-electron chi connectivity index (χ1n) is 7.98. The molecule has 1 aliphatic carbocycles. The van der Waals surface area contributed by atoms with E-state index in [1.54, 1.807) is 0 Å². The van der Waals surface area contributed by atoms with Crippen LogP contribution >= 0.6 is 0 Å². The van der Waals surface area contributed by atoms with Gasteiger partial charge < -0.3 is 9.88 Å². The Morgan fingerprint density at radius 1 is 1.11 bits per heavy atom. The van der Waals surface area contributed by atoms with Crippen molar-refractivity contribution >= 4 is 0 Å². The van der Waals surface area contributed by atoms with Crippen molar-refractivity contribution in [2.24, 2.45) is 11.8 Å². The molecule has 4 nitrogen and oxygen atoms in total. The van der Waals surface area contributed by atoms with Gasteiger partial charge in [0.2, 0.25) is 0 Å². The number of nitrogens with zero attached hydrogens (tertiary/aromatic N) is 3. The normalized spacial score (nSPS) is 23.7. The lowest BCUT2D eigenvalue weighted by Crippen LogP contribution is -2.32. The van der Waals surface area contributed by atoms with Crippen LogP contribution in [0, 0.1) is 11.8 Å². The molecule has 0 aromatic carbocycles. The lowest BCUT2D eigenvalue weighted by molar-refractivity contribution is 0.333. The van der Waals surface area contributed by atoms with Crippen LogP contribution in [0.5, 0.6) is 0 Å². The summed E-state index contributed by atoms with van der Waals surface area (Å²) in [5.41, 5.74) is 0. The fourth-order valence-corrected chi connectivity index (χ4v) is 3.59. The number of nitrogens with one attached hydrogen (secondary N) is 1. The Bertz CT molecular complexity index is 393. The van der Waals surface area contributed by atoms with Crippen molar-refractivity contribution in [1.82, 2.24) is 20.1 Å². The molecule has 1 saturated carbocycles. The van der Waals surface area contributed by atoms with Gasteiger partial charge in [0.1, 0.15) is 11.6 Å². The number of fused-ring (bicyclic) bond motifs is 1. The molecule has 1 unspecified atom stereocenters. The van der Waals surface area contributed by atoms with Gasteiger partial charge in [-0.1, -0.05) is 19.8 Å². The zero-order valence-electron chi connectivity index (χ0n) is 12.1. The summed E-state index contributed by atoms with van der Waals surface area (Å²) in [4.78, 5) is 0. The highest BCUT2D eigenvalue weighted by Crippen LogP contribution is 2.24. The molecule has 0 bridgehead atoms. The summed E-state index contributed by atoms with van der Waals surface area (Å²) in [7, 11) is 0. The van der Waals surface area contributed by atoms with Crippen LogP contribution in [-0.2, 0) is 19.4 Å². The molecule has 1 atom stereocenters. The molecule has 0 amide bonds. The third kappa shape index (κ3) is 2.99. The van der Waals surface area contributed by atoms with Crippen LogP contribution in [0.15, 0.2) is 0 Å². The summed E-state index contributed by atoms with van der Waals surface area (Å²) in [6.45, 7) is 5.67. The van der Waals surface area contributed by atoms with Crippen LogP contribution in [0.25, 0.3) is 0 Å². The Morgan fingerprint density at radius 3 is 2.68 bits per heavy atom. The van der Waals surface area contributed by atoms with Gasteiger partial charge in [-0.3, -0.25) is 0 Å². The molecule has 1 N–H and O–H groups in total. The second-order valence-corrected chi connectivity index (χ2v) is 6.21. The summed E-state index contributed by atoms with van der Waals surface area (Å²) in [5, 5.41) is 12.3. The average Bonchev–Trinajstić information content (AvgIpc) is 3.07. The second-order valence-electron chi connectivity index (χ2n) is 6.21. The van der Waals surface area contributed by atoms with E-state index in [2.05, 4.69) is 27.0 Å². The molecular formula is C15H26N4. The molecule has 0 spiro atoms. The van der Waals surface area contributed by atoms with Crippen molar-refractivity contribution in [3.05, 3.63) is 11.6 Å². The Labute approximate surface area is 116 Å². The standard InChI is InChI=1S/C15H26N4/c1-2-14-17-18-15-8-7-13(11-19(14)15)10-16-9-12-5-3-4-6-12/h12-13,16H,2-11H2,1H3. The first-order chi connectivity index (χ1) is 9.36. The van der Waals surface area contributed by atoms with Gasteiger partial charge in [-0.25, -0.2) is 0 Å².